The first kappa shape index (κ1) is 14.8. The zero-order valence-corrected chi connectivity index (χ0v) is 13.4. The smallest absolute Gasteiger partial charge is 0.273 e. The Bertz CT molecular complexity index is 688. The predicted molar refractivity (Wildman–Crippen MR) is 80.3 cm³/mol. The molecule has 2 aromatic rings. The van der Waals surface area contributed by atoms with Gasteiger partial charge in [-0.3, -0.25) is 9.69 Å². The molecule has 3 heterocycles. The molecule has 3 rings (SSSR count). The first-order valence-corrected chi connectivity index (χ1v) is 7.40. The van der Waals surface area contributed by atoms with Crippen molar-refractivity contribution in [1.82, 2.24) is 24.5 Å². The third kappa shape index (κ3) is 2.64. The molecule has 0 spiro atoms. The summed E-state index contributed by atoms with van der Waals surface area (Å²) >= 11 is 0. The molecular formula is C15H21N5O2. The lowest BCUT2D eigenvalue weighted by Gasteiger charge is -2.32. The largest absolute Gasteiger partial charge is 0.361 e. The summed E-state index contributed by atoms with van der Waals surface area (Å²) < 4.78 is 7.20. The summed E-state index contributed by atoms with van der Waals surface area (Å²) in [5.74, 6) is 1.68. The lowest BCUT2D eigenvalue weighted by Crippen LogP contribution is -2.36. The minimum absolute atomic E-state index is 0.0622. The number of aryl methyl sites for hydroxylation is 1. The molecule has 1 aliphatic heterocycles. The Morgan fingerprint density at radius 3 is 2.86 bits per heavy atom. The summed E-state index contributed by atoms with van der Waals surface area (Å²) in [5, 5.41) is 4.05. The Morgan fingerprint density at radius 1 is 1.45 bits per heavy atom. The van der Waals surface area contributed by atoms with Gasteiger partial charge in [0.2, 0.25) is 0 Å². The van der Waals surface area contributed by atoms with Crippen LogP contribution in [0.1, 0.15) is 40.7 Å². The van der Waals surface area contributed by atoms with Crippen LogP contribution in [-0.4, -0.2) is 51.1 Å². The van der Waals surface area contributed by atoms with E-state index in [0.717, 1.165) is 36.9 Å². The highest BCUT2D eigenvalue weighted by atomic mass is 16.5. The fourth-order valence-corrected chi connectivity index (χ4v) is 2.78. The summed E-state index contributed by atoms with van der Waals surface area (Å²) in [6, 6.07) is 2.09. The van der Waals surface area contributed by atoms with Crippen molar-refractivity contribution >= 4 is 5.91 Å². The van der Waals surface area contributed by atoms with Gasteiger partial charge in [0.1, 0.15) is 17.3 Å². The first-order chi connectivity index (χ1) is 10.5. The molecule has 2 aromatic heterocycles. The van der Waals surface area contributed by atoms with Crippen molar-refractivity contribution in [1.29, 1.82) is 0 Å². The first-order valence-electron chi connectivity index (χ1n) is 7.40. The van der Waals surface area contributed by atoms with Gasteiger partial charge in [0.25, 0.3) is 5.91 Å². The van der Waals surface area contributed by atoms with Crippen molar-refractivity contribution in [3.63, 3.8) is 0 Å². The van der Waals surface area contributed by atoms with Crippen LogP contribution in [0, 0.1) is 6.92 Å². The summed E-state index contributed by atoms with van der Waals surface area (Å²) in [5.41, 5.74) is 1.43. The van der Waals surface area contributed by atoms with Crippen LogP contribution in [0.3, 0.4) is 0 Å². The Labute approximate surface area is 129 Å². The zero-order valence-electron chi connectivity index (χ0n) is 13.4. The van der Waals surface area contributed by atoms with Gasteiger partial charge < -0.3 is 14.0 Å². The third-order valence-electron chi connectivity index (χ3n) is 4.02. The quantitative estimate of drug-likeness (QED) is 0.858. The van der Waals surface area contributed by atoms with E-state index in [1.807, 2.05) is 19.2 Å². The monoisotopic (exact) mass is 303 g/mol. The van der Waals surface area contributed by atoms with Crippen molar-refractivity contribution in [2.75, 3.05) is 20.6 Å². The molecule has 0 aromatic carbocycles. The zero-order chi connectivity index (χ0) is 15.9. The van der Waals surface area contributed by atoms with Crippen LogP contribution < -0.4 is 0 Å². The SMILES string of the molecule is Cc1cc(CN2CCn3cc(C(=O)N(C)C)nc3[C@H]2C)no1. The van der Waals surface area contributed by atoms with Crippen LogP contribution >= 0.6 is 0 Å². The summed E-state index contributed by atoms with van der Waals surface area (Å²) in [4.78, 5) is 20.4. The third-order valence-corrected chi connectivity index (χ3v) is 4.02. The van der Waals surface area contributed by atoms with Crippen LogP contribution in [0.5, 0.6) is 0 Å². The van der Waals surface area contributed by atoms with Crippen LogP contribution in [-0.2, 0) is 13.1 Å². The maximum Gasteiger partial charge on any atom is 0.273 e. The average Bonchev–Trinajstić information content (AvgIpc) is 3.08. The lowest BCUT2D eigenvalue weighted by molar-refractivity contribution is 0.0822. The molecule has 0 saturated heterocycles. The number of rotatable bonds is 3. The van der Waals surface area contributed by atoms with E-state index in [9.17, 15) is 4.79 Å². The minimum Gasteiger partial charge on any atom is -0.361 e. The molecule has 0 bridgehead atoms. The molecule has 118 valence electrons. The highest BCUT2D eigenvalue weighted by Gasteiger charge is 2.28. The molecule has 1 amide bonds. The van der Waals surface area contributed by atoms with Gasteiger partial charge in [-0.1, -0.05) is 5.16 Å². The molecular weight excluding hydrogens is 282 g/mol. The number of hydrogen-bond donors (Lipinski definition) is 0. The second-order valence-electron chi connectivity index (χ2n) is 5.95. The van der Waals surface area contributed by atoms with Gasteiger partial charge in [0, 0.05) is 46.0 Å². The normalized spacial score (nSPS) is 18.3. The van der Waals surface area contributed by atoms with Crippen molar-refractivity contribution in [3.05, 3.63) is 35.2 Å². The molecule has 0 radical (unpaired) electrons. The highest BCUT2D eigenvalue weighted by molar-refractivity contribution is 5.91. The fraction of sp³-hybridized carbons (Fsp3) is 0.533. The number of nitrogens with zero attached hydrogens (tertiary/aromatic N) is 5. The number of amides is 1. The molecule has 0 saturated carbocycles. The summed E-state index contributed by atoms with van der Waals surface area (Å²) in [6.45, 7) is 6.44. The summed E-state index contributed by atoms with van der Waals surface area (Å²) in [6.07, 6.45) is 1.85. The van der Waals surface area contributed by atoms with Crippen LogP contribution in [0.4, 0.5) is 0 Å². The molecule has 1 aliphatic rings. The highest BCUT2D eigenvalue weighted by Crippen LogP contribution is 2.26. The minimum atomic E-state index is -0.0622. The van der Waals surface area contributed by atoms with Crippen molar-refractivity contribution in [3.8, 4) is 0 Å². The van der Waals surface area contributed by atoms with Gasteiger partial charge in [-0.05, 0) is 13.8 Å². The second kappa shape index (κ2) is 5.57. The van der Waals surface area contributed by atoms with E-state index in [4.69, 9.17) is 4.52 Å². The molecule has 0 unspecified atom stereocenters. The van der Waals surface area contributed by atoms with E-state index in [0.29, 0.717) is 5.69 Å². The number of aromatic nitrogens is 3. The van der Waals surface area contributed by atoms with Crippen molar-refractivity contribution < 1.29 is 9.32 Å². The maximum atomic E-state index is 12.1. The Kier molecular flexibility index (Phi) is 3.74. The van der Waals surface area contributed by atoms with Gasteiger partial charge in [-0.25, -0.2) is 4.98 Å². The topological polar surface area (TPSA) is 67.4 Å². The van der Waals surface area contributed by atoms with Crippen molar-refractivity contribution in [2.24, 2.45) is 0 Å². The Hall–Kier alpha value is -2.15. The van der Waals surface area contributed by atoms with E-state index in [2.05, 4.69) is 26.5 Å². The molecule has 0 fully saturated rings. The standard InChI is InChI=1S/C15H21N5O2/c1-10-7-12(17-22-10)8-19-5-6-20-9-13(15(21)18(3)4)16-14(20)11(19)2/h7,9,11H,5-6,8H2,1-4H3/t11-/m1/s1. The molecule has 0 aliphatic carbocycles. The van der Waals surface area contributed by atoms with Crippen LogP contribution in [0.2, 0.25) is 0 Å². The number of carbonyl (C=O) groups excluding carboxylic acids is 1. The van der Waals surface area contributed by atoms with E-state index < -0.39 is 0 Å². The van der Waals surface area contributed by atoms with E-state index in [1.165, 1.54) is 0 Å². The lowest BCUT2D eigenvalue weighted by atomic mass is 10.2. The number of fused-ring (bicyclic) bond motifs is 1. The number of carbonyl (C=O) groups is 1. The van der Waals surface area contributed by atoms with Gasteiger partial charge in [0.15, 0.2) is 0 Å². The fourth-order valence-electron chi connectivity index (χ4n) is 2.78. The number of imidazole rings is 1. The molecule has 22 heavy (non-hydrogen) atoms. The second-order valence-corrected chi connectivity index (χ2v) is 5.95. The molecule has 7 nitrogen and oxygen atoms in total. The van der Waals surface area contributed by atoms with Gasteiger partial charge in [-0.2, -0.15) is 0 Å². The predicted octanol–water partition coefficient (Wildman–Crippen LogP) is 1.46. The molecule has 0 N–H and O–H groups in total. The maximum absolute atomic E-state index is 12.1. The summed E-state index contributed by atoms with van der Waals surface area (Å²) in [7, 11) is 3.48. The molecule has 1 atom stereocenters. The Morgan fingerprint density at radius 2 is 2.23 bits per heavy atom. The van der Waals surface area contributed by atoms with Gasteiger partial charge in [0.05, 0.1) is 11.7 Å². The van der Waals surface area contributed by atoms with E-state index in [1.54, 1.807) is 19.0 Å². The van der Waals surface area contributed by atoms with Gasteiger partial charge >= 0.3 is 0 Å². The Balaban J connectivity index is 1.80. The van der Waals surface area contributed by atoms with E-state index >= 15 is 0 Å². The van der Waals surface area contributed by atoms with Crippen LogP contribution in [0.15, 0.2) is 16.8 Å². The van der Waals surface area contributed by atoms with E-state index in [-0.39, 0.29) is 11.9 Å². The van der Waals surface area contributed by atoms with Crippen molar-refractivity contribution in [2.45, 2.75) is 33.0 Å². The van der Waals surface area contributed by atoms with Crippen LogP contribution in [0.25, 0.3) is 0 Å². The number of hydrogen-bond acceptors (Lipinski definition) is 5. The average molecular weight is 303 g/mol. The van der Waals surface area contributed by atoms with Gasteiger partial charge in [-0.15, -0.1) is 0 Å². The molecule has 7 heteroatoms.